The fourth-order valence-corrected chi connectivity index (χ4v) is 2.23. The van der Waals surface area contributed by atoms with Gasteiger partial charge < -0.3 is 15.3 Å². The average molecular weight is 299 g/mol. The summed E-state index contributed by atoms with van der Waals surface area (Å²) >= 11 is 0. The van der Waals surface area contributed by atoms with Crippen LogP contribution in [0.4, 0.5) is 5.69 Å². The largest absolute Gasteiger partial charge is 0.507 e. The number of carboxylic acids is 1. The molecule has 1 aromatic carbocycles. The van der Waals surface area contributed by atoms with E-state index in [4.69, 9.17) is 5.11 Å². The van der Waals surface area contributed by atoms with Gasteiger partial charge in [-0.3, -0.25) is 4.98 Å². The zero-order valence-electron chi connectivity index (χ0n) is 11.6. The number of hydrogen-bond donors (Lipinski definition) is 3. The molecule has 7 heteroatoms. The standard InChI is InChI=1S/C15H13N3O4/c1-8-5-6-9-3-2-4-10(12(9)16-8)18-7-11(19)14(20)13(17-18)15(21)22/h2-7,14,19-20H,1H3,(H,21,22). The van der Waals surface area contributed by atoms with E-state index in [2.05, 4.69) is 10.1 Å². The van der Waals surface area contributed by atoms with E-state index in [0.717, 1.165) is 11.1 Å². The Balaban J connectivity index is 2.19. The second kappa shape index (κ2) is 5.12. The molecule has 1 aliphatic rings. The Hall–Kier alpha value is -2.93. The first kappa shape index (κ1) is 14.0. The van der Waals surface area contributed by atoms with E-state index in [0.29, 0.717) is 11.2 Å². The number of carbonyl (C=O) groups is 1. The highest BCUT2D eigenvalue weighted by Gasteiger charge is 2.30. The summed E-state index contributed by atoms with van der Waals surface area (Å²) in [7, 11) is 0. The zero-order chi connectivity index (χ0) is 15.9. The molecule has 7 nitrogen and oxygen atoms in total. The fourth-order valence-electron chi connectivity index (χ4n) is 2.23. The van der Waals surface area contributed by atoms with Crippen molar-refractivity contribution in [2.24, 2.45) is 5.10 Å². The number of anilines is 1. The molecule has 2 heterocycles. The van der Waals surface area contributed by atoms with Gasteiger partial charge in [-0.25, -0.2) is 9.80 Å². The normalized spacial score (nSPS) is 18.1. The quantitative estimate of drug-likeness (QED) is 0.777. The lowest BCUT2D eigenvalue weighted by atomic mass is 10.1. The number of aliphatic hydroxyl groups is 2. The predicted molar refractivity (Wildman–Crippen MR) is 80.7 cm³/mol. The molecule has 1 atom stereocenters. The molecule has 112 valence electrons. The third kappa shape index (κ3) is 2.27. The van der Waals surface area contributed by atoms with Crippen molar-refractivity contribution in [3.8, 4) is 0 Å². The van der Waals surface area contributed by atoms with Crippen molar-refractivity contribution in [3.05, 3.63) is 48.0 Å². The lowest BCUT2D eigenvalue weighted by Crippen LogP contribution is -2.36. The maximum Gasteiger partial charge on any atom is 0.355 e. The number of fused-ring (bicyclic) bond motifs is 1. The van der Waals surface area contributed by atoms with Crippen LogP contribution in [-0.2, 0) is 4.79 Å². The Kier molecular flexibility index (Phi) is 3.26. The number of benzene rings is 1. The van der Waals surface area contributed by atoms with Gasteiger partial charge in [0.2, 0.25) is 0 Å². The molecule has 0 fully saturated rings. The minimum atomic E-state index is -1.64. The van der Waals surface area contributed by atoms with Crippen LogP contribution in [-0.4, -0.2) is 38.1 Å². The van der Waals surface area contributed by atoms with Gasteiger partial charge in [-0.2, -0.15) is 5.10 Å². The second-order valence-electron chi connectivity index (χ2n) is 4.89. The van der Waals surface area contributed by atoms with Crippen molar-refractivity contribution in [1.29, 1.82) is 0 Å². The monoisotopic (exact) mass is 299 g/mol. The number of aryl methyl sites for hydroxylation is 1. The van der Waals surface area contributed by atoms with Crippen LogP contribution in [0.2, 0.25) is 0 Å². The molecular formula is C15H13N3O4. The number of nitrogens with zero attached hydrogens (tertiary/aromatic N) is 3. The Labute approximate surface area is 125 Å². The van der Waals surface area contributed by atoms with E-state index in [1.165, 1.54) is 11.2 Å². The highest BCUT2D eigenvalue weighted by atomic mass is 16.4. The summed E-state index contributed by atoms with van der Waals surface area (Å²) in [6.45, 7) is 1.84. The van der Waals surface area contributed by atoms with Gasteiger partial charge in [0.15, 0.2) is 11.8 Å². The van der Waals surface area contributed by atoms with Crippen LogP contribution in [0.15, 0.2) is 47.4 Å². The van der Waals surface area contributed by atoms with Gasteiger partial charge in [0.1, 0.15) is 5.76 Å². The van der Waals surface area contributed by atoms with Gasteiger partial charge in [0.05, 0.1) is 17.4 Å². The fraction of sp³-hybridized carbons (Fsp3) is 0.133. The second-order valence-corrected chi connectivity index (χ2v) is 4.89. The van der Waals surface area contributed by atoms with Gasteiger partial charge in [-0.05, 0) is 19.1 Å². The van der Waals surface area contributed by atoms with Crippen LogP contribution in [0, 0.1) is 6.92 Å². The molecule has 0 saturated carbocycles. The van der Waals surface area contributed by atoms with Crippen molar-refractivity contribution < 1.29 is 20.1 Å². The maximum absolute atomic E-state index is 11.1. The van der Waals surface area contributed by atoms with Gasteiger partial charge in [0, 0.05) is 11.1 Å². The van der Waals surface area contributed by atoms with E-state index in [-0.39, 0.29) is 0 Å². The number of aromatic nitrogens is 1. The smallest absolute Gasteiger partial charge is 0.355 e. The molecule has 0 saturated heterocycles. The number of hydrogen-bond acceptors (Lipinski definition) is 6. The van der Waals surface area contributed by atoms with Crippen molar-refractivity contribution in [2.45, 2.75) is 13.0 Å². The van der Waals surface area contributed by atoms with Crippen molar-refractivity contribution in [3.63, 3.8) is 0 Å². The molecule has 2 aromatic rings. The first-order valence-corrected chi connectivity index (χ1v) is 6.53. The SMILES string of the molecule is Cc1ccc2cccc(N3C=C(O)C(O)C(C(=O)O)=N3)c2n1. The minimum absolute atomic E-state index is 0.489. The Bertz CT molecular complexity index is 829. The molecule has 1 aliphatic heterocycles. The maximum atomic E-state index is 11.1. The highest BCUT2D eigenvalue weighted by Crippen LogP contribution is 2.28. The highest BCUT2D eigenvalue weighted by molar-refractivity contribution is 6.38. The number of carboxylic acid groups (broad SMARTS) is 1. The molecule has 0 bridgehead atoms. The zero-order valence-corrected chi connectivity index (χ0v) is 11.6. The van der Waals surface area contributed by atoms with Crippen molar-refractivity contribution >= 4 is 28.3 Å². The third-order valence-electron chi connectivity index (χ3n) is 3.31. The number of pyridine rings is 1. The molecule has 0 spiro atoms. The van der Waals surface area contributed by atoms with Gasteiger partial charge in [-0.1, -0.05) is 18.2 Å². The molecule has 22 heavy (non-hydrogen) atoms. The molecule has 3 rings (SSSR count). The summed E-state index contributed by atoms with van der Waals surface area (Å²) in [6.07, 6.45) is -0.464. The summed E-state index contributed by atoms with van der Waals surface area (Å²) in [5.41, 5.74) is 1.38. The number of para-hydroxylation sites is 1. The molecule has 1 aromatic heterocycles. The van der Waals surface area contributed by atoms with E-state index < -0.39 is 23.5 Å². The topological polar surface area (TPSA) is 106 Å². The Morgan fingerprint density at radius 1 is 1.27 bits per heavy atom. The van der Waals surface area contributed by atoms with Crippen molar-refractivity contribution in [2.75, 3.05) is 5.01 Å². The van der Waals surface area contributed by atoms with Crippen LogP contribution < -0.4 is 5.01 Å². The van der Waals surface area contributed by atoms with E-state index >= 15 is 0 Å². The molecule has 0 amide bonds. The van der Waals surface area contributed by atoms with E-state index in [1.807, 2.05) is 25.1 Å². The number of aliphatic hydroxyl groups excluding tert-OH is 2. The number of rotatable bonds is 2. The lowest BCUT2D eigenvalue weighted by molar-refractivity contribution is -0.129. The lowest BCUT2D eigenvalue weighted by Gasteiger charge is -2.24. The first-order valence-electron chi connectivity index (χ1n) is 6.53. The van der Waals surface area contributed by atoms with Crippen LogP contribution >= 0.6 is 0 Å². The minimum Gasteiger partial charge on any atom is -0.507 e. The van der Waals surface area contributed by atoms with E-state index in [1.54, 1.807) is 12.1 Å². The predicted octanol–water partition coefficient (Wildman–Crippen LogP) is 1.56. The molecule has 0 radical (unpaired) electrons. The molecular weight excluding hydrogens is 286 g/mol. The summed E-state index contributed by atoms with van der Waals surface area (Å²) < 4.78 is 0. The molecule has 1 unspecified atom stereocenters. The van der Waals surface area contributed by atoms with Gasteiger partial charge in [0.25, 0.3) is 0 Å². The Morgan fingerprint density at radius 2 is 2.05 bits per heavy atom. The number of aliphatic carboxylic acids is 1. The van der Waals surface area contributed by atoms with Crippen LogP contribution in [0.25, 0.3) is 10.9 Å². The van der Waals surface area contributed by atoms with Gasteiger partial charge >= 0.3 is 5.97 Å². The summed E-state index contributed by atoms with van der Waals surface area (Å²) in [5.74, 6) is -1.89. The summed E-state index contributed by atoms with van der Waals surface area (Å²) in [5, 5.41) is 34.4. The van der Waals surface area contributed by atoms with Crippen LogP contribution in [0.1, 0.15) is 5.69 Å². The average Bonchev–Trinajstić information content (AvgIpc) is 2.49. The molecule has 3 N–H and O–H groups in total. The third-order valence-corrected chi connectivity index (χ3v) is 3.31. The summed E-state index contributed by atoms with van der Waals surface area (Å²) in [6, 6.07) is 9.12. The number of hydrazone groups is 1. The summed E-state index contributed by atoms with van der Waals surface area (Å²) in [4.78, 5) is 15.6. The van der Waals surface area contributed by atoms with Gasteiger partial charge in [-0.15, -0.1) is 0 Å². The Morgan fingerprint density at radius 3 is 2.77 bits per heavy atom. The van der Waals surface area contributed by atoms with E-state index in [9.17, 15) is 15.0 Å². The van der Waals surface area contributed by atoms with Crippen molar-refractivity contribution in [1.82, 2.24) is 4.98 Å². The van der Waals surface area contributed by atoms with Crippen LogP contribution in [0.3, 0.4) is 0 Å². The van der Waals surface area contributed by atoms with Crippen LogP contribution in [0.5, 0.6) is 0 Å². The first-order chi connectivity index (χ1) is 10.5. The molecule has 0 aliphatic carbocycles.